The molecule has 1 amide bonds. The van der Waals surface area contributed by atoms with Crippen molar-refractivity contribution in [2.75, 3.05) is 6.54 Å². The number of hydrogen-bond acceptors (Lipinski definition) is 3. The van der Waals surface area contributed by atoms with Crippen LogP contribution in [0.15, 0.2) is 84.9 Å². The van der Waals surface area contributed by atoms with Gasteiger partial charge in [0, 0.05) is 23.4 Å². The minimum atomic E-state index is -0.961. The van der Waals surface area contributed by atoms with Crippen molar-refractivity contribution in [2.24, 2.45) is 0 Å². The highest BCUT2D eigenvalue weighted by atomic mass is 19.1. The molecule has 5 aromatic rings. The van der Waals surface area contributed by atoms with Gasteiger partial charge in [0.1, 0.15) is 11.3 Å². The molecule has 3 N–H and O–H groups in total. The summed E-state index contributed by atoms with van der Waals surface area (Å²) in [5, 5.41) is 20.0. The Bertz CT molecular complexity index is 1730. The summed E-state index contributed by atoms with van der Waals surface area (Å²) in [7, 11) is 0. The van der Waals surface area contributed by atoms with Gasteiger partial charge in [0.25, 0.3) is 5.91 Å². The van der Waals surface area contributed by atoms with Gasteiger partial charge < -0.3 is 10.4 Å². The molecule has 0 saturated carbocycles. The van der Waals surface area contributed by atoms with Crippen molar-refractivity contribution in [3.05, 3.63) is 124 Å². The van der Waals surface area contributed by atoms with Crippen LogP contribution in [0, 0.1) is 19.7 Å². The van der Waals surface area contributed by atoms with E-state index in [2.05, 4.69) is 48.5 Å². The maximum absolute atomic E-state index is 15.5. The molecule has 0 spiro atoms. The van der Waals surface area contributed by atoms with Crippen LogP contribution < -0.4 is 5.32 Å². The summed E-state index contributed by atoms with van der Waals surface area (Å²) < 4.78 is 15.5. The number of carboxylic acid groups (broad SMARTS) is 1. The minimum absolute atomic E-state index is 0.00517. The number of benzene rings is 4. The van der Waals surface area contributed by atoms with Gasteiger partial charge in [-0.05, 0) is 72.7 Å². The molecule has 5 rings (SSSR count). The Morgan fingerprint density at radius 3 is 2.14 bits per heavy atom. The van der Waals surface area contributed by atoms with Gasteiger partial charge in [-0.3, -0.25) is 14.7 Å². The van der Waals surface area contributed by atoms with Gasteiger partial charge >= 0.3 is 5.97 Å². The Hall–Kier alpha value is -4.78. The number of nitrogens with one attached hydrogen (secondary N) is 2. The molecular weight excluding hydrogens is 541 g/mol. The van der Waals surface area contributed by atoms with Crippen LogP contribution in [-0.4, -0.2) is 33.7 Å². The SMILES string of the molecule is CCCC(c1ccc(C(=O)NCCC(=O)O)cc1)C(c1ccc(C)cc1)c1n[nH]c2c(F)cc(-c3ccc(C)cc3)cc12. The summed E-state index contributed by atoms with van der Waals surface area (Å²) in [5.41, 5.74) is 7.76. The molecule has 6 nitrogen and oxygen atoms in total. The van der Waals surface area contributed by atoms with E-state index in [9.17, 15) is 9.59 Å². The summed E-state index contributed by atoms with van der Waals surface area (Å²) >= 11 is 0. The molecule has 0 fully saturated rings. The second-order valence-corrected chi connectivity index (χ2v) is 11.2. The topological polar surface area (TPSA) is 95.1 Å². The molecule has 7 heteroatoms. The lowest BCUT2D eigenvalue weighted by Crippen LogP contribution is -2.26. The number of rotatable bonds is 11. The highest BCUT2D eigenvalue weighted by Crippen LogP contribution is 2.44. The quantitative estimate of drug-likeness (QED) is 0.149. The monoisotopic (exact) mass is 577 g/mol. The lowest BCUT2D eigenvalue weighted by molar-refractivity contribution is -0.136. The van der Waals surface area contributed by atoms with Crippen LogP contribution in [0.1, 0.15) is 76.3 Å². The van der Waals surface area contributed by atoms with Gasteiger partial charge in [-0.15, -0.1) is 0 Å². The van der Waals surface area contributed by atoms with E-state index in [0.29, 0.717) is 11.1 Å². The Labute approximate surface area is 251 Å². The van der Waals surface area contributed by atoms with Crippen molar-refractivity contribution in [1.29, 1.82) is 0 Å². The van der Waals surface area contributed by atoms with Crippen molar-refractivity contribution in [2.45, 2.75) is 51.9 Å². The smallest absolute Gasteiger partial charge is 0.305 e. The number of aryl methyl sites for hydroxylation is 2. The number of H-pyrrole nitrogens is 1. The third kappa shape index (κ3) is 6.67. The van der Waals surface area contributed by atoms with Crippen LogP contribution in [0.25, 0.3) is 22.0 Å². The first-order chi connectivity index (χ1) is 20.7. The average molecular weight is 578 g/mol. The zero-order chi connectivity index (χ0) is 30.5. The summed E-state index contributed by atoms with van der Waals surface area (Å²) in [6.07, 6.45) is 1.62. The molecule has 220 valence electrons. The van der Waals surface area contributed by atoms with Crippen LogP contribution in [0.4, 0.5) is 4.39 Å². The van der Waals surface area contributed by atoms with E-state index in [1.807, 2.05) is 49.4 Å². The number of aromatic nitrogens is 2. The summed E-state index contributed by atoms with van der Waals surface area (Å²) in [4.78, 5) is 23.4. The predicted molar refractivity (Wildman–Crippen MR) is 168 cm³/mol. The van der Waals surface area contributed by atoms with Gasteiger partial charge in [-0.1, -0.05) is 85.1 Å². The molecule has 1 heterocycles. The lowest BCUT2D eigenvalue weighted by atomic mass is 9.76. The van der Waals surface area contributed by atoms with Gasteiger partial charge in [0.05, 0.1) is 12.1 Å². The number of carboxylic acids is 1. The molecule has 0 aliphatic carbocycles. The Kier molecular flexibility index (Phi) is 9.00. The first-order valence-corrected chi connectivity index (χ1v) is 14.7. The molecule has 0 saturated heterocycles. The van der Waals surface area contributed by atoms with E-state index in [-0.39, 0.29) is 36.5 Å². The third-order valence-corrected chi connectivity index (χ3v) is 8.00. The van der Waals surface area contributed by atoms with Gasteiger partial charge in [-0.25, -0.2) is 4.39 Å². The second-order valence-electron chi connectivity index (χ2n) is 11.2. The van der Waals surface area contributed by atoms with E-state index >= 15 is 4.39 Å². The fourth-order valence-electron chi connectivity index (χ4n) is 5.71. The highest BCUT2D eigenvalue weighted by Gasteiger charge is 2.30. The first kappa shape index (κ1) is 29.7. The normalized spacial score (nSPS) is 12.7. The molecule has 0 aliphatic heterocycles. The lowest BCUT2D eigenvalue weighted by Gasteiger charge is -2.27. The predicted octanol–water partition coefficient (Wildman–Crippen LogP) is 7.91. The van der Waals surface area contributed by atoms with E-state index in [1.165, 1.54) is 0 Å². The molecule has 0 bridgehead atoms. The zero-order valence-electron chi connectivity index (χ0n) is 24.7. The largest absolute Gasteiger partial charge is 0.481 e. The van der Waals surface area contributed by atoms with E-state index in [1.54, 1.807) is 18.2 Å². The molecule has 1 aromatic heterocycles. The zero-order valence-corrected chi connectivity index (χ0v) is 24.7. The number of carbonyl (C=O) groups excluding carboxylic acids is 1. The maximum atomic E-state index is 15.5. The summed E-state index contributed by atoms with van der Waals surface area (Å²) in [5.74, 6) is -1.81. The number of aliphatic carboxylic acids is 1. The van der Waals surface area contributed by atoms with E-state index in [0.717, 1.165) is 57.3 Å². The van der Waals surface area contributed by atoms with Crippen molar-refractivity contribution >= 4 is 22.8 Å². The Morgan fingerprint density at radius 1 is 0.884 bits per heavy atom. The second kappa shape index (κ2) is 13.0. The van der Waals surface area contributed by atoms with Crippen LogP contribution >= 0.6 is 0 Å². The molecule has 43 heavy (non-hydrogen) atoms. The molecule has 2 atom stereocenters. The minimum Gasteiger partial charge on any atom is -0.481 e. The first-order valence-electron chi connectivity index (χ1n) is 14.7. The molecule has 2 unspecified atom stereocenters. The summed E-state index contributed by atoms with van der Waals surface area (Å²) in [6.45, 7) is 6.29. The van der Waals surface area contributed by atoms with E-state index < -0.39 is 5.97 Å². The standard InChI is InChI=1S/C36H36FN3O3/c1-4-5-29(25-14-16-27(17-15-25)36(43)38-19-18-32(41)42)33(26-12-8-23(3)9-13-26)35-30-20-28(21-31(37)34(30)39-40-35)24-10-6-22(2)7-11-24/h6-17,20-21,29,33H,4-5,18-19H2,1-3H3,(H,38,43)(H,39,40)(H,41,42). The average Bonchev–Trinajstić information content (AvgIpc) is 3.42. The number of hydrogen-bond donors (Lipinski definition) is 3. The van der Waals surface area contributed by atoms with Crippen LogP contribution in [0.3, 0.4) is 0 Å². The molecule has 0 aliphatic rings. The molecule has 4 aromatic carbocycles. The van der Waals surface area contributed by atoms with Gasteiger partial charge in [0.15, 0.2) is 0 Å². The highest BCUT2D eigenvalue weighted by molar-refractivity contribution is 5.94. The summed E-state index contributed by atoms with van der Waals surface area (Å²) in [6, 6.07) is 27.5. The Balaban J connectivity index is 1.59. The number of nitrogens with zero attached hydrogens (tertiary/aromatic N) is 1. The van der Waals surface area contributed by atoms with E-state index in [4.69, 9.17) is 10.2 Å². The Morgan fingerprint density at radius 2 is 1.51 bits per heavy atom. The van der Waals surface area contributed by atoms with Crippen LogP contribution in [0.5, 0.6) is 0 Å². The number of carbonyl (C=O) groups is 2. The van der Waals surface area contributed by atoms with Gasteiger partial charge in [-0.2, -0.15) is 5.10 Å². The van der Waals surface area contributed by atoms with Crippen molar-refractivity contribution in [3.63, 3.8) is 0 Å². The fraction of sp³-hybridized carbons (Fsp3) is 0.250. The third-order valence-electron chi connectivity index (χ3n) is 8.00. The number of amides is 1. The van der Waals surface area contributed by atoms with Crippen molar-refractivity contribution < 1.29 is 19.1 Å². The molecule has 0 radical (unpaired) electrons. The number of halogens is 1. The molecular formula is C36H36FN3O3. The number of fused-ring (bicyclic) bond motifs is 1. The fourth-order valence-corrected chi connectivity index (χ4v) is 5.71. The maximum Gasteiger partial charge on any atom is 0.305 e. The van der Waals surface area contributed by atoms with Crippen molar-refractivity contribution in [1.82, 2.24) is 15.5 Å². The van der Waals surface area contributed by atoms with Crippen LogP contribution in [-0.2, 0) is 4.79 Å². The van der Waals surface area contributed by atoms with Gasteiger partial charge in [0.2, 0.25) is 0 Å². The van der Waals surface area contributed by atoms with Crippen molar-refractivity contribution in [3.8, 4) is 11.1 Å². The van der Waals surface area contributed by atoms with Crippen LogP contribution in [0.2, 0.25) is 0 Å². The number of aromatic amines is 1.